The first-order chi connectivity index (χ1) is 9.15. The van der Waals surface area contributed by atoms with Crippen LogP contribution in [-0.2, 0) is 16.6 Å². The van der Waals surface area contributed by atoms with Gasteiger partial charge in [0.2, 0.25) is 10.0 Å². The van der Waals surface area contributed by atoms with E-state index < -0.39 is 21.3 Å². The van der Waals surface area contributed by atoms with Gasteiger partial charge in [-0.1, -0.05) is 6.92 Å². The lowest BCUT2D eigenvalue weighted by atomic mass is 10.5. The van der Waals surface area contributed by atoms with Crippen LogP contribution in [0.25, 0.3) is 0 Å². The normalized spacial score (nSPS) is 12.8. The van der Waals surface area contributed by atoms with Crippen molar-refractivity contribution >= 4 is 27.6 Å². The van der Waals surface area contributed by atoms with Gasteiger partial charge in [0.25, 0.3) is 0 Å². The number of aryl methyl sites for hydroxylation is 1. The standard InChI is InChI=1S/C9H15F3N4O2S2/c1-2-4-16-6-7(8(13)15-16)20(17,18)14-3-5-19-9(10,11)12/h6,14H,2-5H2,1H3,(H2,13,15). The van der Waals surface area contributed by atoms with Crippen molar-refractivity contribution in [3.8, 4) is 0 Å². The smallest absolute Gasteiger partial charge is 0.381 e. The van der Waals surface area contributed by atoms with Gasteiger partial charge in [-0.3, -0.25) is 4.68 Å². The summed E-state index contributed by atoms with van der Waals surface area (Å²) in [6, 6.07) is 0. The van der Waals surface area contributed by atoms with Gasteiger partial charge in [0.15, 0.2) is 5.82 Å². The van der Waals surface area contributed by atoms with E-state index >= 15 is 0 Å². The quantitative estimate of drug-likeness (QED) is 0.737. The van der Waals surface area contributed by atoms with Crippen LogP contribution in [0.4, 0.5) is 19.0 Å². The third-order valence-electron chi connectivity index (χ3n) is 2.16. The lowest BCUT2D eigenvalue weighted by molar-refractivity contribution is -0.0327. The van der Waals surface area contributed by atoms with Crippen molar-refractivity contribution in [2.75, 3.05) is 18.0 Å². The topological polar surface area (TPSA) is 90.0 Å². The molecular weight excluding hydrogens is 317 g/mol. The van der Waals surface area contributed by atoms with Crippen LogP contribution >= 0.6 is 11.8 Å². The molecule has 0 fully saturated rings. The molecule has 0 amide bonds. The Bertz CT molecular complexity index is 542. The molecule has 3 N–H and O–H groups in total. The number of anilines is 1. The van der Waals surface area contributed by atoms with Crippen molar-refractivity contribution in [3.05, 3.63) is 6.20 Å². The van der Waals surface area contributed by atoms with Gasteiger partial charge in [-0.2, -0.15) is 18.3 Å². The molecule has 11 heteroatoms. The number of alkyl halides is 3. The van der Waals surface area contributed by atoms with E-state index in [0.29, 0.717) is 6.54 Å². The van der Waals surface area contributed by atoms with Crippen molar-refractivity contribution in [2.24, 2.45) is 0 Å². The molecule has 6 nitrogen and oxygen atoms in total. The van der Waals surface area contributed by atoms with E-state index in [1.54, 1.807) is 0 Å². The predicted octanol–water partition coefficient (Wildman–Crippen LogP) is 1.41. The maximum Gasteiger partial charge on any atom is 0.441 e. The number of nitrogens with one attached hydrogen (secondary N) is 1. The summed E-state index contributed by atoms with van der Waals surface area (Å²) in [5.41, 5.74) is 1.12. The zero-order chi connectivity index (χ0) is 15.4. The minimum Gasteiger partial charge on any atom is -0.381 e. The van der Waals surface area contributed by atoms with Crippen LogP contribution in [0.2, 0.25) is 0 Å². The van der Waals surface area contributed by atoms with Gasteiger partial charge >= 0.3 is 5.51 Å². The predicted molar refractivity (Wildman–Crippen MR) is 70.6 cm³/mol. The van der Waals surface area contributed by atoms with Gasteiger partial charge in [-0.15, -0.1) is 0 Å². The van der Waals surface area contributed by atoms with Crippen molar-refractivity contribution < 1.29 is 21.6 Å². The second kappa shape index (κ2) is 6.68. The van der Waals surface area contributed by atoms with E-state index in [9.17, 15) is 21.6 Å². The number of nitrogens with zero attached hydrogens (tertiary/aromatic N) is 2. The molecule has 20 heavy (non-hydrogen) atoms. The molecule has 0 aliphatic rings. The SMILES string of the molecule is CCCn1cc(S(=O)(=O)NCCSC(F)(F)F)c(N)n1. The van der Waals surface area contributed by atoms with Crippen LogP contribution in [0.15, 0.2) is 11.1 Å². The van der Waals surface area contributed by atoms with Gasteiger partial charge in [0.1, 0.15) is 4.90 Å². The summed E-state index contributed by atoms with van der Waals surface area (Å²) in [6.07, 6.45) is 2.01. The van der Waals surface area contributed by atoms with Crippen LogP contribution in [0.3, 0.4) is 0 Å². The molecule has 0 aliphatic carbocycles. The Balaban J connectivity index is 2.64. The first-order valence-electron chi connectivity index (χ1n) is 5.69. The Morgan fingerprint density at radius 3 is 2.70 bits per heavy atom. The molecule has 1 rings (SSSR count). The minimum absolute atomic E-state index is 0.172. The molecule has 0 spiro atoms. The van der Waals surface area contributed by atoms with E-state index in [0.717, 1.165) is 6.42 Å². The summed E-state index contributed by atoms with van der Waals surface area (Å²) in [7, 11) is -3.95. The average Bonchev–Trinajstić information content (AvgIpc) is 2.66. The zero-order valence-corrected chi connectivity index (χ0v) is 12.3. The number of rotatable bonds is 7. The Morgan fingerprint density at radius 1 is 1.50 bits per heavy atom. The summed E-state index contributed by atoms with van der Waals surface area (Å²) in [4.78, 5) is -0.219. The Hall–Kier alpha value is -0.940. The molecule has 0 radical (unpaired) electrons. The van der Waals surface area contributed by atoms with Crippen molar-refractivity contribution in [3.63, 3.8) is 0 Å². The number of nitrogens with two attached hydrogens (primary N) is 1. The lowest BCUT2D eigenvalue weighted by Crippen LogP contribution is -2.27. The first kappa shape index (κ1) is 17.1. The number of nitrogen functional groups attached to an aromatic ring is 1. The monoisotopic (exact) mass is 332 g/mol. The highest BCUT2D eigenvalue weighted by atomic mass is 32.2. The summed E-state index contributed by atoms with van der Waals surface area (Å²) < 4.78 is 62.9. The van der Waals surface area contributed by atoms with Crippen molar-refractivity contribution in [1.29, 1.82) is 0 Å². The number of sulfonamides is 1. The fourth-order valence-corrected chi connectivity index (χ4v) is 3.06. The Morgan fingerprint density at radius 2 is 2.15 bits per heavy atom. The molecular formula is C9H15F3N4O2S2. The number of thioether (sulfide) groups is 1. The fraction of sp³-hybridized carbons (Fsp3) is 0.667. The minimum atomic E-state index is -4.38. The van der Waals surface area contributed by atoms with Crippen molar-refractivity contribution in [1.82, 2.24) is 14.5 Å². The van der Waals surface area contributed by atoms with Gasteiger partial charge in [-0.25, -0.2) is 13.1 Å². The highest BCUT2D eigenvalue weighted by Crippen LogP contribution is 2.29. The molecule has 0 atom stereocenters. The second-order valence-electron chi connectivity index (χ2n) is 3.83. The summed E-state index contributed by atoms with van der Waals surface area (Å²) >= 11 is -0.292. The number of aromatic nitrogens is 2. The molecule has 1 heterocycles. The Labute approximate surface area is 118 Å². The van der Waals surface area contributed by atoms with E-state index in [1.807, 2.05) is 6.92 Å². The second-order valence-corrected chi connectivity index (χ2v) is 6.73. The molecule has 0 saturated carbocycles. The van der Waals surface area contributed by atoms with Crippen LogP contribution in [0, 0.1) is 0 Å². The molecule has 0 unspecified atom stereocenters. The van der Waals surface area contributed by atoms with E-state index in [4.69, 9.17) is 5.73 Å². The molecule has 0 aliphatic heterocycles. The summed E-state index contributed by atoms with van der Waals surface area (Å²) in [5.74, 6) is -0.583. The molecule has 0 aromatic carbocycles. The van der Waals surface area contributed by atoms with Gasteiger partial charge in [-0.05, 0) is 18.2 Å². The summed E-state index contributed by atoms with van der Waals surface area (Å²) in [6.45, 7) is 2.05. The number of hydrogen-bond acceptors (Lipinski definition) is 5. The van der Waals surface area contributed by atoms with Crippen molar-refractivity contribution in [2.45, 2.75) is 30.3 Å². The van der Waals surface area contributed by atoms with Gasteiger partial charge in [0, 0.05) is 25.0 Å². The van der Waals surface area contributed by atoms with E-state index in [1.165, 1.54) is 10.9 Å². The molecule has 1 aromatic rings. The molecule has 1 aromatic heterocycles. The molecule has 0 saturated heterocycles. The van der Waals surface area contributed by atoms with E-state index in [2.05, 4.69) is 9.82 Å². The molecule has 0 bridgehead atoms. The zero-order valence-electron chi connectivity index (χ0n) is 10.6. The highest BCUT2D eigenvalue weighted by molar-refractivity contribution is 8.00. The van der Waals surface area contributed by atoms with Crippen LogP contribution < -0.4 is 10.5 Å². The van der Waals surface area contributed by atoms with Crippen LogP contribution in [0.1, 0.15) is 13.3 Å². The molecule has 116 valence electrons. The first-order valence-corrected chi connectivity index (χ1v) is 8.16. The maximum atomic E-state index is 11.9. The fourth-order valence-electron chi connectivity index (χ4n) is 1.39. The summed E-state index contributed by atoms with van der Waals surface area (Å²) in [5, 5.41) is 3.82. The maximum absolute atomic E-state index is 11.9. The largest absolute Gasteiger partial charge is 0.441 e. The number of halogens is 3. The van der Waals surface area contributed by atoms with E-state index in [-0.39, 0.29) is 29.0 Å². The average molecular weight is 332 g/mol. The Kier molecular flexibility index (Phi) is 5.71. The highest BCUT2D eigenvalue weighted by Gasteiger charge is 2.28. The van der Waals surface area contributed by atoms with Gasteiger partial charge in [0.05, 0.1) is 0 Å². The lowest BCUT2D eigenvalue weighted by Gasteiger charge is -2.07. The van der Waals surface area contributed by atoms with Crippen LogP contribution in [0.5, 0.6) is 0 Å². The number of hydrogen-bond donors (Lipinski definition) is 2. The third kappa shape index (κ3) is 5.21. The van der Waals surface area contributed by atoms with Gasteiger partial charge < -0.3 is 5.73 Å². The van der Waals surface area contributed by atoms with Crippen LogP contribution in [-0.4, -0.2) is 36.0 Å². The third-order valence-corrected chi connectivity index (χ3v) is 4.37.